The van der Waals surface area contributed by atoms with E-state index in [1.807, 2.05) is 0 Å². The number of primary amides is 1. The number of carbonyl (C=O) groups excluding carboxylic acids is 1. The molecule has 0 aromatic heterocycles. The highest BCUT2D eigenvalue weighted by atomic mass is 16.2. The van der Waals surface area contributed by atoms with E-state index in [0.29, 0.717) is 5.92 Å². The molecule has 3 N–H and O–H groups in total. The van der Waals surface area contributed by atoms with Gasteiger partial charge in [0.25, 0.3) is 0 Å². The molecule has 0 atom stereocenters. The second kappa shape index (κ2) is 5.86. The summed E-state index contributed by atoms with van der Waals surface area (Å²) in [6.45, 7) is 5.84. The molecule has 0 spiro atoms. The quantitative estimate of drug-likeness (QED) is 0.703. The van der Waals surface area contributed by atoms with E-state index in [1.54, 1.807) is 4.90 Å². The molecular formula is C10H21N3O. The Labute approximate surface area is 85.8 Å². The Balaban J connectivity index is 2.33. The Morgan fingerprint density at radius 3 is 2.64 bits per heavy atom. The molecule has 0 aliphatic carbocycles. The predicted octanol–water partition coefficient (Wildman–Crippen LogP) is 0.777. The highest BCUT2D eigenvalue weighted by Gasteiger charge is 2.18. The van der Waals surface area contributed by atoms with E-state index in [2.05, 4.69) is 12.2 Å². The molecule has 14 heavy (non-hydrogen) atoms. The van der Waals surface area contributed by atoms with Crippen LogP contribution in [0.25, 0.3) is 0 Å². The summed E-state index contributed by atoms with van der Waals surface area (Å²) in [4.78, 5) is 12.9. The van der Waals surface area contributed by atoms with Gasteiger partial charge in [-0.3, -0.25) is 0 Å². The van der Waals surface area contributed by atoms with Crippen LogP contribution in [-0.4, -0.2) is 37.1 Å². The lowest BCUT2D eigenvalue weighted by molar-refractivity contribution is 0.188. The second-order valence-electron chi connectivity index (χ2n) is 3.98. The van der Waals surface area contributed by atoms with Crippen LogP contribution in [0.2, 0.25) is 0 Å². The molecule has 1 heterocycles. The van der Waals surface area contributed by atoms with E-state index >= 15 is 0 Å². The van der Waals surface area contributed by atoms with Gasteiger partial charge in [-0.2, -0.15) is 0 Å². The van der Waals surface area contributed by atoms with Crippen molar-refractivity contribution in [3.63, 3.8) is 0 Å². The van der Waals surface area contributed by atoms with Gasteiger partial charge < -0.3 is 16.0 Å². The molecule has 4 nitrogen and oxygen atoms in total. The minimum atomic E-state index is -0.273. The third-order valence-electron chi connectivity index (χ3n) is 2.74. The van der Waals surface area contributed by atoms with Crippen LogP contribution >= 0.6 is 0 Å². The van der Waals surface area contributed by atoms with Crippen LogP contribution in [-0.2, 0) is 0 Å². The van der Waals surface area contributed by atoms with E-state index < -0.39 is 0 Å². The fourth-order valence-corrected chi connectivity index (χ4v) is 1.94. The zero-order chi connectivity index (χ0) is 10.4. The Kier molecular flexibility index (Phi) is 4.73. The van der Waals surface area contributed by atoms with E-state index in [-0.39, 0.29) is 6.03 Å². The van der Waals surface area contributed by atoms with Crippen molar-refractivity contribution in [2.45, 2.75) is 26.2 Å². The lowest BCUT2D eigenvalue weighted by Crippen LogP contribution is -2.42. The number of carbonyl (C=O) groups is 1. The molecule has 1 saturated heterocycles. The maximum atomic E-state index is 11.1. The Morgan fingerprint density at radius 2 is 2.14 bits per heavy atom. The van der Waals surface area contributed by atoms with Crippen molar-refractivity contribution >= 4 is 6.03 Å². The van der Waals surface area contributed by atoms with Crippen molar-refractivity contribution in [2.24, 2.45) is 11.7 Å². The van der Waals surface area contributed by atoms with Crippen molar-refractivity contribution < 1.29 is 4.79 Å². The fourth-order valence-electron chi connectivity index (χ4n) is 1.94. The number of amides is 2. The number of nitrogens with zero attached hydrogens (tertiary/aromatic N) is 1. The van der Waals surface area contributed by atoms with Crippen LogP contribution in [0.15, 0.2) is 0 Å². The summed E-state index contributed by atoms with van der Waals surface area (Å²) < 4.78 is 0. The largest absolute Gasteiger partial charge is 0.351 e. The Hall–Kier alpha value is -0.770. The second-order valence-corrected chi connectivity index (χ2v) is 3.98. The zero-order valence-corrected chi connectivity index (χ0v) is 8.96. The van der Waals surface area contributed by atoms with Gasteiger partial charge in [0.05, 0.1) is 0 Å². The highest BCUT2D eigenvalue weighted by molar-refractivity contribution is 5.71. The van der Waals surface area contributed by atoms with Crippen molar-refractivity contribution in [3.8, 4) is 0 Å². The first-order chi connectivity index (χ1) is 6.74. The molecule has 2 amide bonds. The van der Waals surface area contributed by atoms with Gasteiger partial charge in [0.1, 0.15) is 0 Å². The summed E-state index contributed by atoms with van der Waals surface area (Å²) in [5, 5.41) is 3.31. The third kappa shape index (κ3) is 3.54. The number of rotatable bonds is 4. The molecule has 1 aliphatic heterocycles. The van der Waals surface area contributed by atoms with Crippen molar-refractivity contribution in [1.29, 1.82) is 0 Å². The van der Waals surface area contributed by atoms with Crippen molar-refractivity contribution in [1.82, 2.24) is 10.2 Å². The smallest absolute Gasteiger partial charge is 0.314 e. The number of piperidine rings is 1. The Bertz CT molecular complexity index is 178. The first-order valence-electron chi connectivity index (χ1n) is 5.49. The summed E-state index contributed by atoms with van der Waals surface area (Å²) >= 11 is 0. The molecule has 1 fully saturated rings. The van der Waals surface area contributed by atoms with Crippen molar-refractivity contribution in [3.05, 3.63) is 0 Å². The molecule has 0 radical (unpaired) electrons. The van der Waals surface area contributed by atoms with Gasteiger partial charge in [0, 0.05) is 13.1 Å². The zero-order valence-electron chi connectivity index (χ0n) is 8.96. The van der Waals surface area contributed by atoms with Gasteiger partial charge in [0.15, 0.2) is 0 Å². The average molecular weight is 199 g/mol. The van der Waals surface area contributed by atoms with Gasteiger partial charge in [-0.25, -0.2) is 4.79 Å². The van der Waals surface area contributed by atoms with Crippen LogP contribution < -0.4 is 11.1 Å². The first kappa shape index (κ1) is 11.3. The van der Waals surface area contributed by atoms with E-state index in [4.69, 9.17) is 5.73 Å². The molecule has 0 saturated carbocycles. The SMILES string of the molecule is CCCN(CC1CCNCC1)C(N)=O. The van der Waals surface area contributed by atoms with Gasteiger partial charge in [0.2, 0.25) is 0 Å². The predicted molar refractivity (Wildman–Crippen MR) is 57.0 cm³/mol. The van der Waals surface area contributed by atoms with Gasteiger partial charge in [-0.15, -0.1) is 0 Å². The summed E-state index contributed by atoms with van der Waals surface area (Å²) in [6.07, 6.45) is 3.30. The molecule has 4 heteroatoms. The third-order valence-corrected chi connectivity index (χ3v) is 2.74. The van der Waals surface area contributed by atoms with Crippen molar-refractivity contribution in [2.75, 3.05) is 26.2 Å². The molecule has 1 rings (SSSR count). The lowest BCUT2D eigenvalue weighted by Gasteiger charge is -2.28. The minimum absolute atomic E-state index is 0.273. The monoisotopic (exact) mass is 199 g/mol. The summed E-state index contributed by atoms with van der Waals surface area (Å²) in [6, 6.07) is -0.273. The van der Waals surface area contributed by atoms with E-state index in [9.17, 15) is 4.79 Å². The minimum Gasteiger partial charge on any atom is -0.351 e. The topological polar surface area (TPSA) is 58.4 Å². The average Bonchev–Trinajstić information content (AvgIpc) is 2.18. The molecule has 0 aromatic rings. The van der Waals surface area contributed by atoms with Gasteiger partial charge >= 0.3 is 6.03 Å². The van der Waals surface area contributed by atoms with E-state index in [0.717, 1.165) is 45.4 Å². The van der Waals surface area contributed by atoms with Gasteiger partial charge in [-0.1, -0.05) is 6.92 Å². The standard InChI is InChI=1S/C10H21N3O/c1-2-7-13(10(11)14)8-9-3-5-12-6-4-9/h9,12H,2-8H2,1H3,(H2,11,14). The van der Waals surface area contributed by atoms with E-state index in [1.165, 1.54) is 0 Å². The van der Waals surface area contributed by atoms with Crippen LogP contribution in [0.3, 0.4) is 0 Å². The van der Waals surface area contributed by atoms with Gasteiger partial charge in [-0.05, 0) is 38.3 Å². The molecule has 82 valence electrons. The van der Waals surface area contributed by atoms with Crippen LogP contribution in [0.1, 0.15) is 26.2 Å². The number of nitrogens with two attached hydrogens (primary N) is 1. The number of hydrogen-bond donors (Lipinski definition) is 2. The maximum absolute atomic E-state index is 11.1. The molecular weight excluding hydrogens is 178 g/mol. The molecule has 0 aromatic carbocycles. The summed E-state index contributed by atoms with van der Waals surface area (Å²) in [5.41, 5.74) is 5.31. The molecule has 0 unspecified atom stereocenters. The number of urea groups is 1. The van der Waals surface area contributed by atoms with Crippen LogP contribution in [0, 0.1) is 5.92 Å². The van der Waals surface area contributed by atoms with Crippen LogP contribution in [0.5, 0.6) is 0 Å². The first-order valence-corrected chi connectivity index (χ1v) is 5.49. The molecule has 0 bridgehead atoms. The number of nitrogens with one attached hydrogen (secondary N) is 1. The summed E-state index contributed by atoms with van der Waals surface area (Å²) in [7, 11) is 0. The maximum Gasteiger partial charge on any atom is 0.314 e. The normalized spacial score (nSPS) is 18.1. The summed E-state index contributed by atoms with van der Waals surface area (Å²) in [5.74, 6) is 0.635. The van der Waals surface area contributed by atoms with Crippen LogP contribution in [0.4, 0.5) is 4.79 Å². The number of hydrogen-bond acceptors (Lipinski definition) is 2. The fraction of sp³-hybridized carbons (Fsp3) is 0.900. The molecule has 1 aliphatic rings. The Morgan fingerprint density at radius 1 is 1.50 bits per heavy atom. The highest BCUT2D eigenvalue weighted by Crippen LogP contribution is 2.13. The lowest BCUT2D eigenvalue weighted by atomic mass is 9.97.